The number of benzene rings is 1. The van der Waals surface area contributed by atoms with E-state index in [1.54, 1.807) is 6.07 Å². The number of alkyl halides is 3. The van der Waals surface area contributed by atoms with Crippen LogP contribution in [0.15, 0.2) is 41.1 Å². The summed E-state index contributed by atoms with van der Waals surface area (Å²) in [5, 5.41) is 0.455. The quantitative estimate of drug-likeness (QED) is 0.514. The third-order valence-corrected chi connectivity index (χ3v) is 3.54. The maximum absolute atomic E-state index is 13.6. The minimum atomic E-state index is -4.98. The molecule has 0 bridgehead atoms. The smallest absolute Gasteiger partial charge is 0.406 e. The van der Waals surface area contributed by atoms with Crippen LogP contribution in [0.3, 0.4) is 0 Å². The molecule has 0 atom stereocenters. The van der Waals surface area contributed by atoms with Crippen molar-refractivity contribution in [2.75, 3.05) is 0 Å². The van der Waals surface area contributed by atoms with E-state index >= 15 is 0 Å². The van der Waals surface area contributed by atoms with Gasteiger partial charge < -0.3 is 9.72 Å². The average Bonchev–Trinajstić information content (AvgIpc) is 2.86. The van der Waals surface area contributed by atoms with Crippen molar-refractivity contribution in [3.05, 3.63) is 58.1 Å². The molecule has 0 amide bonds. The molecule has 0 aliphatic carbocycles. The van der Waals surface area contributed by atoms with Crippen molar-refractivity contribution in [3.8, 4) is 5.75 Å². The van der Waals surface area contributed by atoms with E-state index in [9.17, 15) is 22.4 Å². The van der Waals surface area contributed by atoms with Crippen LogP contribution in [-0.4, -0.2) is 22.1 Å². The van der Waals surface area contributed by atoms with E-state index in [4.69, 9.17) is 0 Å². The van der Waals surface area contributed by atoms with E-state index in [1.807, 2.05) is 0 Å². The molecule has 4 nitrogen and oxygen atoms in total. The first-order valence-corrected chi connectivity index (χ1v) is 7.26. The Kier molecular flexibility index (Phi) is 4.04. The zero-order chi connectivity index (χ0) is 17.5. The predicted molar refractivity (Wildman–Crippen MR) is 80.3 cm³/mol. The lowest BCUT2D eigenvalue weighted by atomic mass is 10.0. The normalized spacial score (nSPS) is 11.7. The first-order valence-electron chi connectivity index (χ1n) is 6.46. The molecule has 0 saturated carbocycles. The Balaban J connectivity index is 2.04. The number of aromatic amines is 1. The first-order chi connectivity index (χ1) is 11.2. The summed E-state index contributed by atoms with van der Waals surface area (Å²) < 4.78 is 54.7. The summed E-state index contributed by atoms with van der Waals surface area (Å²) in [6.45, 7) is 0. The third-order valence-electron chi connectivity index (χ3n) is 3.11. The van der Waals surface area contributed by atoms with Gasteiger partial charge in [-0.3, -0.25) is 4.79 Å². The summed E-state index contributed by atoms with van der Waals surface area (Å²) in [7, 11) is 0. The number of nitrogens with zero attached hydrogens (tertiary/aromatic N) is 1. The highest BCUT2D eigenvalue weighted by molar-refractivity contribution is 9.10. The van der Waals surface area contributed by atoms with Crippen LogP contribution in [0.1, 0.15) is 15.9 Å². The lowest BCUT2D eigenvalue weighted by Crippen LogP contribution is -2.17. The summed E-state index contributed by atoms with van der Waals surface area (Å²) >= 11 is 3.22. The number of ether oxygens (including phenoxy) is 1. The van der Waals surface area contributed by atoms with Crippen molar-refractivity contribution >= 4 is 32.7 Å². The Morgan fingerprint density at radius 3 is 2.67 bits per heavy atom. The van der Waals surface area contributed by atoms with Gasteiger partial charge in [0, 0.05) is 39.4 Å². The average molecular weight is 403 g/mol. The fourth-order valence-corrected chi connectivity index (χ4v) is 2.54. The second kappa shape index (κ2) is 5.90. The first kappa shape index (κ1) is 16.4. The van der Waals surface area contributed by atoms with Gasteiger partial charge in [0.05, 0.1) is 0 Å². The number of carbonyl (C=O) groups is 1. The Hall–Kier alpha value is -2.42. The number of rotatable bonds is 3. The van der Waals surface area contributed by atoms with Crippen molar-refractivity contribution < 1.29 is 27.1 Å². The SMILES string of the molecule is O=C(c1cc(F)cc(OC(F)(F)F)c1)c1c[nH]c2ncc(Br)cc12. The molecule has 2 aromatic heterocycles. The minimum Gasteiger partial charge on any atom is -0.406 e. The van der Waals surface area contributed by atoms with Crippen LogP contribution in [0, 0.1) is 5.82 Å². The predicted octanol–water partition coefficient (Wildman–Crippen LogP) is 4.59. The number of fused-ring (bicyclic) bond motifs is 1. The molecule has 124 valence electrons. The molecule has 0 unspecified atom stereocenters. The van der Waals surface area contributed by atoms with Gasteiger partial charge in [-0.2, -0.15) is 0 Å². The van der Waals surface area contributed by atoms with Crippen LogP contribution in [0.5, 0.6) is 5.75 Å². The molecule has 0 saturated heterocycles. The van der Waals surface area contributed by atoms with E-state index < -0.39 is 23.7 Å². The van der Waals surface area contributed by atoms with Crippen molar-refractivity contribution in [3.63, 3.8) is 0 Å². The highest BCUT2D eigenvalue weighted by Gasteiger charge is 2.31. The number of hydrogen-bond acceptors (Lipinski definition) is 3. The summed E-state index contributed by atoms with van der Waals surface area (Å²) in [5.74, 6) is -2.48. The standard InChI is InChI=1S/C15H7BrF4N2O2/c16-8-3-11-12(6-22-14(11)21-5-8)13(23)7-1-9(17)4-10(2-7)24-15(18,19)20/h1-6H,(H,21,22). The number of ketones is 1. The summed E-state index contributed by atoms with van der Waals surface area (Å²) in [6, 6.07) is 3.86. The lowest BCUT2D eigenvalue weighted by molar-refractivity contribution is -0.274. The van der Waals surface area contributed by atoms with Crippen LogP contribution in [0.25, 0.3) is 11.0 Å². The van der Waals surface area contributed by atoms with Crippen LogP contribution in [-0.2, 0) is 0 Å². The fourth-order valence-electron chi connectivity index (χ4n) is 2.21. The molecule has 0 fully saturated rings. The maximum atomic E-state index is 13.6. The Bertz CT molecular complexity index is 937. The maximum Gasteiger partial charge on any atom is 0.573 e. The van der Waals surface area contributed by atoms with Crippen molar-refractivity contribution in [2.24, 2.45) is 0 Å². The molecular weight excluding hydrogens is 396 g/mol. The van der Waals surface area contributed by atoms with Gasteiger partial charge in [0.25, 0.3) is 0 Å². The Labute approximate surface area is 140 Å². The van der Waals surface area contributed by atoms with Gasteiger partial charge in [0.2, 0.25) is 0 Å². The molecule has 9 heteroatoms. The van der Waals surface area contributed by atoms with Crippen molar-refractivity contribution in [2.45, 2.75) is 6.36 Å². The Morgan fingerprint density at radius 2 is 1.96 bits per heavy atom. The zero-order valence-electron chi connectivity index (χ0n) is 11.6. The molecule has 3 aromatic rings. The molecule has 0 spiro atoms. The van der Waals surface area contributed by atoms with Gasteiger partial charge in [-0.1, -0.05) is 0 Å². The van der Waals surface area contributed by atoms with E-state index in [0.717, 1.165) is 12.1 Å². The minimum absolute atomic E-state index is 0.155. The monoisotopic (exact) mass is 402 g/mol. The zero-order valence-corrected chi connectivity index (χ0v) is 13.2. The molecule has 0 radical (unpaired) electrons. The number of hydrogen-bond donors (Lipinski definition) is 1. The Morgan fingerprint density at radius 1 is 1.21 bits per heavy atom. The van der Waals surface area contributed by atoms with Gasteiger partial charge in [0.15, 0.2) is 5.78 Å². The van der Waals surface area contributed by atoms with Gasteiger partial charge in [-0.05, 0) is 34.1 Å². The second-order valence-electron chi connectivity index (χ2n) is 4.80. The fraction of sp³-hybridized carbons (Fsp3) is 0.0667. The van der Waals surface area contributed by atoms with E-state index in [2.05, 4.69) is 30.6 Å². The van der Waals surface area contributed by atoms with E-state index in [1.165, 1.54) is 12.4 Å². The van der Waals surface area contributed by atoms with Crippen molar-refractivity contribution in [1.29, 1.82) is 0 Å². The molecular formula is C15H7BrF4N2O2. The highest BCUT2D eigenvalue weighted by atomic mass is 79.9. The van der Waals surface area contributed by atoms with Crippen LogP contribution in [0.2, 0.25) is 0 Å². The summed E-state index contributed by atoms with van der Waals surface area (Å²) in [5.41, 5.74) is 0.308. The van der Waals surface area contributed by atoms with E-state index in [0.29, 0.717) is 21.6 Å². The number of nitrogens with one attached hydrogen (secondary N) is 1. The number of aromatic nitrogens is 2. The number of carbonyl (C=O) groups excluding carboxylic acids is 1. The molecule has 1 aromatic carbocycles. The largest absolute Gasteiger partial charge is 0.573 e. The van der Waals surface area contributed by atoms with Crippen LogP contribution < -0.4 is 4.74 Å². The number of H-pyrrole nitrogens is 1. The van der Waals surface area contributed by atoms with Crippen LogP contribution in [0.4, 0.5) is 17.6 Å². The summed E-state index contributed by atoms with van der Waals surface area (Å²) in [6.07, 6.45) is -2.10. The van der Waals surface area contributed by atoms with Crippen LogP contribution >= 0.6 is 15.9 Å². The molecule has 2 heterocycles. The lowest BCUT2D eigenvalue weighted by Gasteiger charge is -2.10. The van der Waals surface area contributed by atoms with Gasteiger partial charge in [-0.15, -0.1) is 13.2 Å². The topological polar surface area (TPSA) is 55.0 Å². The van der Waals surface area contributed by atoms with E-state index in [-0.39, 0.29) is 11.1 Å². The number of halogens is 5. The molecule has 24 heavy (non-hydrogen) atoms. The highest BCUT2D eigenvalue weighted by Crippen LogP contribution is 2.27. The van der Waals surface area contributed by atoms with Gasteiger partial charge in [-0.25, -0.2) is 9.37 Å². The van der Waals surface area contributed by atoms with Crippen molar-refractivity contribution in [1.82, 2.24) is 9.97 Å². The molecule has 0 aliphatic heterocycles. The number of pyridine rings is 1. The van der Waals surface area contributed by atoms with Gasteiger partial charge >= 0.3 is 6.36 Å². The molecule has 1 N–H and O–H groups in total. The molecule has 0 aliphatic rings. The van der Waals surface area contributed by atoms with Gasteiger partial charge in [0.1, 0.15) is 17.2 Å². The molecule has 3 rings (SSSR count). The second-order valence-corrected chi connectivity index (χ2v) is 5.72. The third kappa shape index (κ3) is 3.40. The summed E-state index contributed by atoms with van der Waals surface area (Å²) in [4.78, 5) is 19.4.